The molecule has 0 spiro atoms. The Morgan fingerprint density at radius 3 is 2.53 bits per heavy atom. The van der Waals surface area contributed by atoms with Gasteiger partial charge in [-0.05, 0) is 41.2 Å². The summed E-state index contributed by atoms with van der Waals surface area (Å²) in [7, 11) is 0. The van der Waals surface area contributed by atoms with Crippen molar-refractivity contribution in [1.82, 2.24) is 20.5 Å². The van der Waals surface area contributed by atoms with Crippen LogP contribution >= 0.6 is 27.3 Å². The Kier molecular flexibility index (Phi) is 9.03. The van der Waals surface area contributed by atoms with Gasteiger partial charge in [0.15, 0.2) is 0 Å². The maximum Gasteiger partial charge on any atom is 0.243 e. The molecule has 4 rings (SSSR count). The van der Waals surface area contributed by atoms with Gasteiger partial charge in [-0.2, -0.15) is 0 Å². The molecule has 202 valence electrons. The van der Waals surface area contributed by atoms with Crippen LogP contribution in [-0.2, 0) is 22.7 Å². The number of nitrogens with zero attached hydrogens (tertiary/aromatic N) is 2. The van der Waals surface area contributed by atoms with E-state index in [4.69, 9.17) is 0 Å². The molecule has 7 nitrogen and oxygen atoms in total. The number of hydrogen-bond donors (Lipinski definition) is 3. The first kappa shape index (κ1) is 28.4. The van der Waals surface area contributed by atoms with Gasteiger partial charge in [0.05, 0.1) is 28.2 Å². The summed E-state index contributed by atoms with van der Waals surface area (Å²) in [6.07, 6.45) is -0.508. The molecule has 38 heavy (non-hydrogen) atoms. The van der Waals surface area contributed by atoms with Crippen LogP contribution in [0.5, 0.6) is 0 Å². The van der Waals surface area contributed by atoms with E-state index in [9.17, 15) is 14.7 Å². The first-order valence-corrected chi connectivity index (χ1v) is 14.4. The molecule has 1 aliphatic rings. The number of aryl methyl sites for hydroxylation is 1. The molecule has 9 heteroatoms. The summed E-state index contributed by atoms with van der Waals surface area (Å²) in [5.41, 5.74) is 5.55. The summed E-state index contributed by atoms with van der Waals surface area (Å²) >= 11 is 5.10. The quantitative estimate of drug-likeness (QED) is 0.350. The number of β-amino-alcohol motifs (C(OH)–C–C–N with tert-alkyl or cyclic N) is 1. The van der Waals surface area contributed by atoms with Gasteiger partial charge in [-0.3, -0.25) is 9.59 Å². The van der Waals surface area contributed by atoms with Gasteiger partial charge < -0.3 is 20.6 Å². The molecule has 1 aliphatic heterocycles. The molecule has 2 aromatic carbocycles. The van der Waals surface area contributed by atoms with Crippen LogP contribution in [0, 0.1) is 12.3 Å². The molecule has 1 fully saturated rings. The Morgan fingerprint density at radius 1 is 1.16 bits per heavy atom. The molecule has 0 unspecified atom stereocenters. The van der Waals surface area contributed by atoms with E-state index in [0.717, 1.165) is 31.7 Å². The normalized spacial score (nSPS) is 18.4. The van der Waals surface area contributed by atoms with Crippen molar-refractivity contribution in [2.75, 3.05) is 6.54 Å². The number of carbonyl (C=O) groups excluding carboxylic acids is 2. The molecule has 0 saturated carbocycles. The van der Waals surface area contributed by atoms with Crippen molar-refractivity contribution in [2.45, 2.75) is 65.4 Å². The van der Waals surface area contributed by atoms with E-state index in [1.54, 1.807) is 16.2 Å². The van der Waals surface area contributed by atoms with Gasteiger partial charge in [-0.1, -0.05) is 73.1 Å². The number of aromatic nitrogens is 1. The maximum absolute atomic E-state index is 13.8. The van der Waals surface area contributed by atoms with E-state index in [1.807, 2.05) is 81.7 Å². The molecule has 0 aliphatic carbocycles. The fraction of sp³-hybridized carbons (Fsp3) is 0.414. The molecule has 1 saturated heterocycles. The van der Waals surface area contributed by atoms with Crippen LogP contribution in [0.1, 0.15) is 44.0 Å². The van der Waals surface area contributed by atoms with E-state index in [-0.39, 0.29) is 24.8 Å². The monoisotopic (exact) mass is 598 g/mol. The van der Waals surface area contributed by atoms with Gasteiger partial charge in [0, 0.05) is 30.5 Å². The van der Waals surface area contributed by atoms with Crippen LogP contribution < -0.4 is 10.6 Å². The minimum Gasteiger partial charge on any atom is -0.391 e. The molecular formula is C29H35BrN4O3S. The van der Waals surface area contributed by atoms with Crippen LogP contribution in [-0.4, -0.2) is 51.5 Å². The number of aliphatic hydroxyl groups excluding tert-OH is 1. The third-order valence-electron chi connectivity index (χ3n) is 6.81. The number of thiazole rings is 1. The Hall–Kier alpha value is -2.59. The lowest BCUT2D eigenvalue weighted by atomic mass is 9.85. The number of benzene rings is 2. The number of hydrogen-bond acceptors (Lipinski definition) is 6. The fourth-order valence-corrected chi connectivity index (χ4v) is 6.02. The van der Waals surface area contributed by atoms with E-state index in [2.05, 4.69) is 31.5 Å². The largest absolute Gasteiger partial charge is 0.391 e. The molecule has 2 heterocycles. The summed E-state index contributed by atoms with van der Waals surface area (Å²) < 4.78 is 0.975. The van der Waals surface area contributed by atoms with Crippen LogP contribution in [0.25, 0.3) is 10.4 Å². The van der Waals surface area contributed by atoms with E-state index < -0.39 is 23.6 Å². The smallest absolute Gasteiger partial charge is 0.243 e. The summed E-state index contributed by atoms with van der Waals surface area (Å²) in [6, 6.07) is 14.7. The molecule has 0 bridgehead atoms. The second-order valence-electron chi connectivity index (χ2n) is 10.9. The number of amides is 2. The molecule has 2 amide bonds. The maximum atomic E-state index is 13.8. The van der Waals surface area contributed by atoms with Crippen molar-refractivity contribution in [1.29, 1.82) is 0 Å². The van der Waals surface area contributed by atoms with E-state index in [1.165, 1.54) is 0 Å². The summed E-state index contributed by atoms with van der Waals surface area (Å²) in [5, 5.41) is 16.8. The number of likely N-dealkylation sites (tertiary alicyclic amines) is 1. The second-order valence-corrected chi connectivity index (χ2v) is 12.7. The summed E-state index contributed by atoms with van der Waals surface area (Å²) in [4.78, 5) is 34.0. The van der Waals surface area contributed by atoms with Crippen molar-refractivity contribution >= 4 is 39.1 Å². The average molecular weight is 600 g/mol. The van der Waals surface area contributed by atoms with Crippen LogP contribution in [0.4, 0.5) is 0 Å². The summed E-state index contributed by atoms with van der Waals surface area (Å²) in [6.45, 7) is 9.00. The van der Waals surface area contributed by atoms with E-state index >= 15 is 0 Å². The highest BCUT2D eigenvalue weighted by Gasteiger charge is 2.43. The van der Waals surface area contributed by atoms with Crippen LogP contribution in [0.2, 0.25) is 0 Å². The third kappa shape index (κ3) is 6.88. The van der Waals surface area contributed by atoms with Gasteiger partial charge in [0.1, 0.15) is 6.04 Å². The topological polar surface area (TPSA) is 94.6 Å². The van der Waals surface area contributed by atoms with Crippen molar-refractivity contribution in [3.63, 3.8) is 0 Å². The molecule has 3 aromatic rings. The highest BCUT2D eigenvalue weighted by molar-refractivity contribution is 9.10. The highest BCUT2D eigenvalue weighted by Crippen LogP contribution is 2.28. The lowest BCUT2D eigenvalue weighted by molar-refractivity contribution is -0.142. The number of carbonyl (C=O) groups is 2. The van der Waals surface area contributed by atoms with Crippen LogP contribution in [0.15, 0.2) is 58.5 Å². The molecule has 3 atom stereocenters. The molecular weight excluding hydrogens is 564 g/mol. The van der Waals surface area contributed by atoms with Crippen molar-refractivity contribution < 1.29 is 14.7 Å². The number of halogens is 1. The minimum atomic E-state index is -0.734. The van der Waals surface area contributed by atoms with E-state index in [0.29, 0.717) is 13.1 Å². The van der Waals surface area contributed by atoms with Gasteiger partial charge in [-0.15, -0.1) is 11.3 Å². The Morgan fingerprint density at radius 2 is 1.89 bits per heavy atom. The second kappa shape index (κ2) is 12.1. The van der Waals surface area contributed by atoms with Gasteiger partial charge in [0.2, 0.25) is 11.8 Å². The predicted octanol–water partition coefficient (Wildman–Crippen LogP) is 4.66. The number of aliphatic hydroxyl groups is 1. The standard InChI is InChI=1S/C29H35BrN4O3S/c1-18-25(38-17-33-18)21-10-8-19(9-11-21)14-32-27(36)24-13-23(35)16-34(24)28(37)26(29(2,3)4)31-15-20-6-5-7-22(30)12-20/h5-12,17,23-24,26,31,35H,13-16H2,1-4H3,(H,32,36)/t23-,24+,26-/m1/s1. The van der Waals surface area contributed by atoms with Crippen molar-refractivity contribution in [3.05, 3.63) is 75.3 Å². The Labute approximate surface area is 236 Å². The number of rotatable bonds is 8. The lowest BCUT2D eigenvalue weighted by Gasteiger charge is -2.35. The predicted molar refractivity (Wildman–Crippen MR) is 154 cm³/mol. The zero-order valence-electron chi connectivity index (χ0n) is 22.2. The molecule has 3 N–H and O–H groups in total. The first-order valence-electron chi connectivity index (χ1n) is 12.8. The third-order valence-corrected chi connectivity index (χ3v) is 8.28. The van der Waals surface area contributed by atoms with Crippen LogP contribution in [0.3, 0.4) is 0 Å². The zero-order valence-corrected chi connectivity index (χ0v) is 24.6. The zero-order chi connectivity index (χ0) is 27.4. The Bertz CT molecular complexity index is 1270. The number of nitrogens with one attached hydrogen (secondary N) is 2. The summed E-state index contributed by atoms with van der Waals surface area (Å²) in [5.74, 6) is -0.426. The molecule has 0 radical (unpaired) electrons. The first-order chi connectivity index (χ1) is 18.0. The highest BCUT2D eigenvalue weighted by atomic mass is 79.9. The fourth-order valence-electron chi connectivity index (χ4n) is 4.76. The van der Waals surface area contributed by atoms with Gasteiger partial charge in [-0.25, -0.2) is 4.98 Å². The minimum absolute atomic E-state index is 0.144. The van der Waals surface area contributed by atoms with Crippen molar-refractivity contribution in [2.24, 2.45) is 5.41 Å². The van der Waals surface area contributed by atoms with Crippen molar-refractivity contribution in [3.8, 4) is 10.4 Å². The molecule has 1 aromatic heterocycles. The Balaban J connectivity index is 1.41. The van der Waals surface area contributed by atoms with Gasteiger partial charge in [0.25, 0.3) is 0 Å². The SMILES string of the molecule is Cc1ncsc1-c1ccc(CNC(=O)[C@@H]2C[C@@H](O)CN2C(=O)[C@@H](NCc2cccc(Br)c2)C(C)(C)C)cc1. The average Bonchev–Trinajstić information content (AvgIpc) is 3.47. The lowest BCUT2D eigenvalue weighted by Crippen LogP contribution is -2.56. The van der Waals surface area contributed by atoms with Gasteiger partial charge >= 0.3 is 0 Å².